The van der Waals surface area contributed by atoms with Gasteiger partial charge < -0.3 is 5.32 Å². The second-order valence-electron chi connectivity index (χ2n) is 5.49. The van der Waals surface area contributed by atoms with E-state index in [2.05, 4.69) is 10.3 Å². The second kappa shape index (κ2) is 8.28. The number of sulfonamides is 1. The van der Waals surface area contributed by atoms with Crippen molar-refractivity contribution in [2.24, 2.45) is 0 Å². The Balaban J connectivity index is 0.00000243. The molecule has 0 amide bonds. The highest BCUT2D eigenvalue weighted by molar-refractivity contribution is 7.89. The topological polar surface area (TPSA) is 105 Å². The maximum atomic E-state index is 13.1. The van der Waals surface area contributed by atoms with Crippen molar-refractivity contribution in [1.82, 2.24) is 14.6 Å². The summed E-state index contributed by atoms with van der Waals surface area (Å²) >= 11 is 6.03. The monoisotopic (exact) mass is 418 g/mol. The van der Waals surface area contributed by atoms with Gasteiger partial charge in [-0.2, -0.15) is 4.31 Å². The van der Waals surface area contributed by atoms with E-state index < -0.39 is 21.0 Å². The lowest BCUT2D eigenvalue weighted by Crippen LogP contribution is -2.48. The van der Waals surface area contributed by atoms with Crippen LogP contribution in [-0.4, -0.2) is 42.3 Å². The number of pyridine rings is 1. The van der Waals surface area contributed by atoms with Gasteiger partial charge in [0.2, 0.25) is 10.0 Å². The van der Waals surface area contributed by atoms with Crippen LogP contribution >= 0.6 is 24.0 Å². The molecule has 0 radical (unpaired) electrons. The van der Waals surface area contributed by atoms with Crippen molar-refractivity contribution in [2.75, 3.05) is 19.6 Å². The summed E-state index contributed by atoms with van der Waals surface area (Å²) in [6.45, 7) is 1.20. The van der Waals surface area contributed by atoms with E-state index in [0.29, 0.717) is 13.1 Å². The van der Waals surface area contributed by atoms with Gasteiger partial charge in [0.1, 0.15) is 4.90 Å². The Hall–Kier alpha value is -1.78. The first-order chi connectivity index (χ1) is 11.9. The summed E-state index contributed by atoms with van der Waals surface area (Å²) in [6.07, 6.45) is 3.24. The van der Waals surface area contributed by atoms with E-state index in [1.54, 1.807) is 18.5 Å². The maximum absolute atomic E-state index is 13.1. The first kappa shape index (κ1) is 20.5. The van der Waals surface area contributed by atoms with Crippen LogP contribution in [0.1, 0.15) is 11.6 Å². The van der Waals surface area contributed by atoms with E-state index in [1.807, 2.05) is 6.07 Å². The van der Waals surface area contributed by atoms with E-state index in [9.17, 15) is 18.5 Å². The normalized spacial score (nSPS) is 18.1. The molecule has 0 spiro atoms. The van der Waals surface area contributed by atoms with Gasteiger partial charge in [-0.15, -0.1) is 12.4 Å². The van der Waals surface area contributed by atoms with Gasteiger partial charge in [0.05, 0.1) is 16.0 Å². The zero-order chi connectivity index (χ0) is 18.0. The summed E-state index contributed by atoms with van der Waals surface area (Å²) in [6, 6.07) is 6.49. The molecule has 1 saturated heterocycles. The van der Waals surface area contributed by atoms with Gasteiger partial charge >= 0.3 is 0 Å². The molecule has 0 bridgehead atoms. The Morgan fingerprint density at radius 1 is 1.35 bits per heavy atom. The molecule has 2 aromatic rings. The number of nitro groups is 1. The number of halogens is 2. The van der Waals surface area contributed by atoms with Crippen LogP contribution in [0.2, 0.25) is 5.02 Å². The van der Waals surface area contributed by atoms with Gasteiger partial charge in [-0.1, -0.05) is 17.7 Å². The summed E-state index contributed by atoms with van der Waals surface area (Å²) < 4.78 is 27.5. The minimum Gasteiger partial charge on any atom is -0.313 e. The SMILES string of the molecule is Cl.O=[N+]([O-])c1ccc(S(=O)(=O)N2CCNCC2c2cccnc2)c(Cl)c1. The molecule has 1 aromatic carbocycles. The van der Waals surface area contributed by atoms with Crippen molar-refractivity contribution in [3.8, 4) is 0 Å². The minimum atomic E-state index is -3.92. The Kier molecular flexibility index (Phi) is 6.53. The van der Waals surface area contributed by atoms with Crippen molar-refractivity contribution in [1.29, 1.82) is 0 Å². The molecule has 1 unspecified atom stereocenters. The number of hydrogen-bond donors (Lipinski definition) is 1. The van der Waals surface area contributed by atoms with Crippen molar-refractivity contribution in [3.63, 3.8) is 0 Å². The molecule has 1 N–H and O–H groups in total. The third-order valence-electron chi connectivity index (χ3n) is 3.98. The molecule has 1 aromatic heterocycles. The van der Waals surface area contributed by atoms with E-state index in [-0.39, 0.29) is 34.6 Å². The standard InChI is InChI=1S/C15H15ClN4O4S.ClH/c16-13-8-12(20(21)22)3-4-15(13)25(23,24)19-7-6-18-10-14(19)11-2-1-5-17-9-11;/h1-5,8-9,14,18H,6-7,10H2;1H. The van der Waals surface area contributed by atoms with Crippen LogP contribution in [-0.2, 0) is 10.0 Å². The number of nitro benzene ring substituents is 1. The van der Waals surface area contributed by atoms with E-state index >= 15 is 0 Å². The first-order valence-corrected chi connectivity index (χ1v) is 9.29. The lowest BCUT2D eigenvalue weighted by atomic mass is 10.1. The molecule has 26 heavy (non-hydrogen) atoms. The molecule has 1 atom stereocenters. The zero-order valence-electron chi connectivity index (χ0n) is 13.4. The number of nitrogens with one attached hydrogen (secondary N) is 1. The van der Waals surface area contributed by atoms with Gasteiger partial charge in [-0.05, 0) is 17.7 Å². The van der Waals surface area contributed by atoms with Crippen molar-refractivity contribution >= 4 is 39.7 Å². The third kappa shape index (κ3) is 3.97. The summed E-state index contributed by atoms with van der Waals surface area (Å²) in [5.41, 5.74) is 0.504. The number of benzene rings is 1. The summed E-state index contributed by atoms with van der Waals surface area (Å²) in [4.78, 5) is 14.1. The highest BCUT2D eigenvalue weighted by Gasteiger charge is 2.36. The minimum absolute atomic E-state index is 0. The first-order valence-electron chi connectivity index (χ1n) is 7.47. The average Bonchev–Trinajstić information content (AvgIpc) is 2.62. The largest absolute Gasteiger partial charge is 0.313 e. The van der Waals surface area contributed by atoms with Gasteiger partial charge in [0.25, 0.3) is 5.69 Å². The molecule has 8 nitrogen and oxygen atoms in total. The third-order valence-corrected chi connectivity index (χ3v) is 6.37. The molecule has 0 saturated carbocycles. The Labute approximate surface area is 161 Å². The lowest BCUT2D eigenvalue weighted by Gasteiger charge is -2.35. The molecule has 2 heterocycles. The molecule has 1 aliphatic heterocycles. The molecule has 0 aliphatic carbocycles. The van der Waals surface area contributed by atoms with Crippen molar-refractivity contribution in [2.45, 2.75) is 10.9 Å². The van der Waals surface area contributed by atoms with Crippen LogP contribution in [0.25, 0.3) is 0 Å². The van der Waals surface area contributed by atoms with E-state index in [1.165, 1.54) is 10.4 Å². The number of non-ortho nitro benzene ring substituents is 1. The molecule has 140 valence electrons. The fourth-order valence-corrected chi connectivity index (χ4v) is 4.90. The molecular weight excluding hydrogens is 403 g/mol. The highest BCUT2D eigenvalue weighted by Crippen LogP contribution is 2.33. The van der Waals surface area contributed by atoms with Gasteiger partial charge in [0.15, 0.2) is 0 Å². The number of piperazine rings is 1. The smallest absolute Gasteiger partial charge is 0.271 e. The predicted octanol–water partition coefficient (Wildman–Crippen LogP) is 2.40. The van der Waals surface area contributed by atoms with E-state index in [4.69, 9.17) is 11.6 Å². The quantitative estimate of drug-likeness (QED) is 0.603. The summed E-state index contributed by atoms with van der Waals surface area (Å²) in [5.74, 6) is 0. The number of nitrogens with zero attached hydrogens (tertiary/aromatic N) is 3. The number of hydrogen-bond acceptors (Lipinski definition) is 6. The Morgan fingerprint density at radius 2 is 2.12 bits per heavy atom. The molecule has 1 aliphatic rings. The van der Waals surface area contributed by atoms with Gasteiger partial charge in [-0.3, -0.25) is 15.1 Å². The molecular formula is C15H16Cl2N4O4S. The zero-order valence-corrected chi connectivity index (χ0v) is 15.8. The number of aromatic nitrogens is 1. The lowest BCUT2D eigenvalue weighted by molar-refractivity contribution is -0.384. The summed E-state index contributed by atoms with van der Waals surface area (Å²) in [5, 5.41) is 13.8. The van der Waals surface area contributed by atoms with Crippen LogP contribution in [0.5, 0.6) is 0 Å². The maximum Gasteiger partial charge on any atom is 0.271 e. The predicted molar refractivity (Wildman–Crippen MR) is 99.1 cm³/mol. The average molecular weight is 419 g/mol. The van der Waals surface area contributed by atoms with E-state index in [0.717, 1.165) is 17.7 Å². The fraction of sp³-hybridized carbons (Fsp3) is 0.267. The summed E-state index contributed by atoms with van der Waals surface area (Å²) in [7, 11) is -3.92. The molecule has 3 rings (SSSR count). The molecule has 1 fully saturated rings. The van der Waals surface area contributed by atoms with Crippen molar-refractivity contribution < 1.29 is 13.3 Å². The molecule has 11 heteroatoms. The fourth-order valence-electron chi connectivity index (χ4n) is 2.77. The number of rotatable bonds is 4. The van der Waals surface area contributed by atoms with Gasteiger partial charge in [-0.25, -0.2) is 8.42 Å². The Bertz CT molecular complexity index is 896. The highest BCUT2D eigenvalue weighted by atomic mass is 35.5. The van der Waals surface area contributed by atoms with Crippen LogP contribution in [0.15, 0.2) is 47.6 Å². The van der Waals surface area contributed by atoms with Gasteiger partial charge in [0, 0.05) is 44.2 Å². The Morgan fingerprint density at radius 3 is 2.73 bits per heavy atom. The van der Waals surface area contributed by atoms with Crippen LogP contribution in [0.3, 0.4) is 0 Å². The van der Waals surface area contributed by atoms with Crippen molar-refractivity contribution in [3.05, 3.63) is 63.4 Å². The van der Waals surface area contributed by atoms with Crippen LogP contribution in [0.4, 0.5) is 5.69 Å². The second-order valence-corrected chi connectivity index (χ2v) is 7.76. The van der Waals surface area contributed by atoms with Crippen LogP contribution < -0.4 is 5.32 Å². The van der Waals surface area contributed by atoms with Crippen LogP contribution in [0, 0.1) is 10.1 Å².